The van der Waals surface area contributed by atoms with Crippen LogP contribution in [0, 0.1) is 0 Å². The zero-order chi connectivity index (χ0) is 28.4. The van der Waals surface area contributed by atoms with E-state index < -0.39 is 41.2 Å². The SMILES string of the molecule is O=C(O)c1ccc(COc2nsnc2N2CCN(C(=O)Nc3cc(C(F)(F)F)cc(C(F)(F)F)c3)CC2)cc1. The molecule has 0 atom stereocenters. The predicted molar refractivity (Wildman–Crippen MR) is 127 cm³/mol. The maximum atomic E-state index is 13.1. The highest BCUT2D eigenvalue weighted by Crippen LogP contribution is 2.37. The molecule has 9 nitrogen and oxygen atoms in total. The van der Waals surface area contributed by atoms with E-state index in [2.05, 4.69) is 14.1 Å². The van der Waals surface area contributed by atoms with Crippen molar-refractivity contribution < 1.29 is 45.8 Å². The van der Waals surface area contributed by atoms with Crippen molar-refractivity contribution in [3.05, 3.63) is 64.7 Å². The smallest absolute Gasteiger partial charge is 0.416 e. The second-order valence-corrected chi connectivity index (χ2v) is 8.91. The molecule has 0 saturated carbocycles. The van der Waals surface area contributed by atoms with E-state index in [0.717, 1.165) is 11.7 Å². The largest absolute Gasteiger partial charge is 0.478 e. The van der Waals surface area contributed by atoms with Crippen LogP contribution in [-0.4, -0.2) is 56.9 Å². The van der Waals surface area contributed by atoms with Crippen LogP contribution in [0.5, 0.6) is 5.88 Å². The molecule has 0 aliphatic carbocycles. The van der Waals surface area contributed by atoms with Gasteiger partial charge in [0.15, 0.2) is 0 Å². The normalized spacial score (nSPS) is 14.3. The first-order valence-electron chi connectivity index (χ1n) is 11.2. The molecule has 4 rings (SSSR count). The average molecular weight is 575 g/mol. The number of rotatable bonds is 6. The van der Waals surface area contributed by atoms with Crippen LogP contribution in [0.3, 0.4) is 0 Å². The van der Waals surface area contributed by atoms with E-state index in [-0.39, 0.29) is 50.3 Å². The van der Waals surface area contributed by atoms with E-state index in [1.54, 1.807) is 17.0 Å². The first-order chi connectivity index (χ1) is 18.3. The Morgan fingerprint density at radius 1 is 0.923 bits per heavy atom. The van der Waals surface area contributed by atoms with Crippen molar-refractivity contribution in [3.8, 4) is 5.88 Å². The standard InChI is InChI=1S/C23H19F6N5O4S/c24-22(25,26)15-9-16(23(27,28)29)11-17(10-15)30-21(37)34-7-5-33(6-8-34)18-19(32-39-31-18)38-12-13-1-3-14(4-2-13)20(35)36/h1-4,9-11H,5-8,12H2,(H,30,37)(H,35,36). The molecular formula is C23H19F6N5O4S. The maximum Gasteiger partial charge on any atom is 0.416 e. The summed E-state index contributed by atoms with van der Waals surface area (Å²) in [5, 5.41) is 11.1. The van der Waals surface area contributed by atoms with E-state index in [0.29, 0.717) is 23.5 Å². The Morgan fingerprint density at radius 3 is 2.05 bits per heavy atom. The quantitative estimate of drug-likeness (QED) is 0.389. The lowest BCUT2D eigenvalue weighted by Crippen LogP contribution is -2.50. The van der Waals surface area contributed by atoms with E-state index in [4.69, 9.17) is 9.84 Å². The second kappa shape index (κ2) is 11.0. The van der Waals surface area contributed by atoms with Gasteiger partial charge in [-0.3, -0.25) is 0 Å². The minimum atomic E-state index is -5.03. The van der Waals surface area contributed by atoms with Crippen molar-refractivity contribution in [1.29, 1.82) is 0 Å². The number of piperazine rings is 1. The topological polar surface area (TPSA) is 108 Å². The van der Waals surface area contributed by atoms with Crippen LogP contribution < -0.4 is 15.0 Å². The van der Waals surface area contributed by atoms with Crippen LogP contribution in [0.15, 0.2) is 42.5 Å². The van der Waals surface area contributed by atoms with Crippen LogP contribution in [-0.2, 0) is 19.0 Å². The predicted octanol–water partition coefficient (Wildman–Crippen LogP) is 5.21. The number of hydrogen-bond donors (Lipinski definition) is 2. The fraction of sp³-hybridized carbons (Fsp3) is 0.304. The van der Waals surface area contributed by atoms with Crippen molar-refractivity contribution in [2.24, 2.45) is 0 Å². The Balaban J connectivity index is 1.36. The van der Waals surface area contributed by atoms with Crippen LogP contribution in [0.1, 0.15) is 27.0 Å². The lowest BCUT2D eigenvalue weighted by Gasteiger charge is -2.34. The summed E-state index contributed by atoms with van der Waals surface area (Å²) < 4.78 is 92.6. The number of anilines is 2. The number of nitrogens with one attached hydrogen (secondary N) is 1. The molecule has 39 heavy (non-hydrogen) atoms. The number of nitrogens with zero attached hydrogens (tertiary/aromatic N) is 4. The maximum absolute atomic E-state index is 13.1. The molecule has 1 fully saturated rings. The number of carboxylic acids is 1. The Hall–Kier alpha value is -4.08. The van der Waals surface area contributed by atoms with E-state index in [9.17, 15) is 35.9 Å². The number of amides is 2. The molecule has 3 aromatic rings. The summed E-state index contributed by atoms with van der Waals surface area (Å²) in [7, 11) is 0. The van der Waals surface area contributed by atoms with Gasteiger partial charge in [0.25, 0.3) is 5.88 Å². The summed E-state index contributed by atoms with van der Waals surface area (Å²) in [5.74, 6) is -0.416. The van der Waals surface area contributed by atoms with Crippen molar-refractivity contribution >= 4 is 35.2 Å². The summed E-state index contributed by atoms with van der Waals surface area (Å²) in [6.45, 7) is 0.796. The summed E-state index contributed by atoms with van der Waals surface area (Å²) in [6, 6.07) is 6.11. The Morgan fingerprint density at radius 2 is 1.51 bits per heavy atom. The monoisotopic (exact) mass is 575 g/mol. The second-order valence-electron chi connectivity index (χ2n) is 8.38. The number of carbonyl (C=O) groups excluding carboxylic acids is 1. The number of alkyl halides is 6. The van der Waals surface area contributed by atoms with Gasteiger partial charge in [0.2, 0.25) is 5.82 Å². The number of aromatic nitrogens is 2. The van der Waals surface area contributed by atoms with Crippen molar-refractivity contribution in [2.45, 2.75) is 19.0 Å². The third kappa shape index (κ3) is 6.87. The number of hydrogen-bond acceptors (Lipinski definition) is 7. The number of halogens is 6. The zero-order valence-electron chi connectivity index (χ0n) is 19.7. The highest BCUT2D eigenvalue weighted by atomic mass is 32.1. The zero-order valence-corrected chi connectivity index (χ0v) is 20.5. The van der Waals surface area contributed by atoms with Gasteiger partial charge < -0.3 is 25.0 Å². The van der Waals surface area contributed by atoms with Crippen molar-refractivity contribution in [2.75, 3.05) is 36.4 Å². The molecule has 0 radical (unpaired) electrons. The van der Waals surface area contributed by atoms with Gasteiger partial charge in [0.1, 0.15) is 6.61 Å². The molecule has 208 valence electrons. The Kier molecular flexibility index (Phi) is 7.85. The summed E-state index contributed by atoms with van der Waals surface area (Å²) in [4.78, 5) is 26.6. The number of carbonyl (C=O) groups is 2. The van der Waals surface area contributed by atoms with Gasteiger partial charge >= 0.3 is 24.4 Å². The number of aromatic carboxylic acids is 1. The van der Waals surface area contributed by atoms with Crippen molar-refractivity contribution in [1.82, 2.24) is 13.6 Å². The van der Waals surface area contributed by atoms with E-state index in [1.165, 1.54) is 17.0 Å². The van der Waals surface area contributed by atoms with Gasteiger partial charge in [-0.15, -0.1) is 4.37 Å². The molecule has 0 bridgehead atoms. The summed E-state index contributed by atoms with van der Waals surface area (Å²) in [5.41, 5.74) is -2.85. The van der Waals surface area contributed by atoms with Crippen LogP contribution >= 0.6 is 11.7 Å². The average Bonchev–Trinajstić information content (AvgIpc) is 3.35. The lowest BCUT2D eigenvalue weighted by atomic mass is 10.1. The molecule has 1 aliphatic heterocycles. The molecule has 16 heteroatoms. The van der Waals surface area contributed by atoms with Gasteiger partial charge in [-0.25, -0.2) is 9.59 Å². The summed E-state index contributed by atoms with van der Waals surface area (Å²) >= 11 is 0.896. The summed E-state index contributed by atoms with van der Waals surface area (Å²) in [6.07, 6.45) is -10.1. The minimum Gasteiger partial charge on any atom is -0.478 e. The highest BCUT2D eigenvalue weighted by molar-refractivity contribution is 6.99. The number of carboxylic acid groups (broad SMARTS) is 1. The number of ether oxygens (including phenoxy) is 1. The fourth-order valence-corrected chi connectivity index (χ4v) is 4.23. The van der Waals surface area contributed by atoms with Gasteiger partial charge in [0, 0.05) is 31.9 Å². The third-order valence-corrected chi connectivity index (χ3v) is 6.23. The molecule has 2 heterocycles. The molecular weight excluding hydrogens is 556 g/mol. The number of benzene rings is 2. The van der Waals surface area contributed by atoms with Gasteiger partial charge in [-0.1, -0.05) is 12.1 Å². The molecule has 2 amide bonds. The third-order valence-electron chi connectivity index (χ3n) is 5.72. The molecule has 1 aliphatic rings. The van der Waals surface area contributed by atoms with Crippen LogP contribution in [0.2, 0.25) is 0 Å². The molecule has 2 aromatic carbocycles. The lowest BCUT2D eigenvalue weighted by molar-refractivity contribution is -0.143. The first-order valence-corrected chi connectivity index (χ1v) is 11.9. The highest BCUT2D eigenvalue weighted by Gasteiger charge is 2.37. The molecule has 0 unspecified atom stereocenters. The Bertz CT molecular complexity index is 1310. The first kappa shape index (κ1) is 27.9. The van der Waals surface area contributed by atoms with E-state index >= 15 is 0 Å². The minimum absolute atomic E-state index is 0.0128. The molecule has 2 N–H and O–H groups in total. The molecule has 1 aromatic heterocycles. The molecule has 0 spiro atoms. The van der Waals surface area contributed by atoms with Gasteiger partial charge in [0.05, 0.1) is 28.4 Å². The van der Waals surface area contributed by atoms with Crippen LogP contribution in [0.25, 0.3) is 0 Å². The Labute approximate surface area is 220 Å². The fourth-order valence-electron chi connectivity index (χ4n) is 3.71. The van der Waals surface area contributed by atoms with Crippen molar-refractivity contribution in [3.63, 3.8) is 0 Å². The van der Waals surface area contributed by atoms with Gasteiger partial charge in [-0.2, -0.15) is 30.7 Å². The van der Waals surface area contributed by atoms with E-state index in [1.807, 2.05) is 0 Å². The molecule has 1 saturated heterocycles. The number of urea groups is 1. The van der Waals surface area contributed by atoms with Gasteiger partial charge in [-0.05, 0) is 35.9 Å². The van der Waals surface area contributed by atoms with Crippen LogP contribution in [0.4, 0.5) is 42.6 Å².